The molecule has 4 aromatic rings. The molecular formula is C26H28N4O2S. The minimum Gasteiger partial charge on any atom is -0.355 e. The lowest BCUT2D eigenvalue weighted by Crippen LogP contribution is -2.20. The predicted molar refractivity (Wildman–Crippen MR) is 133 cm³/mol. The van der Waals surface area contributed by atoms with E-state index >= 15 is 0 Å². The van der Waals surface area contributed by atoms with Gasteiger partial charge in [-0.05, 0) is 75.6 Å². The number of unbranched alkanes of at least 4 members (excludes halogenated alkanes) is 1. The Balaban J connectivity index is 1.28. The van der Waals surface area contributed by atoms with Crippen molar-refractivity contribution in [2.45, 2.75) is 32.1 Å². The van der Waals surface area contributed by atoms with Gasteiger partial charge < -0.3 is 10.2 Å². The number of thiazole rings is 1. The fourth-order valence-corrected chi connectivity index (χ4v) is 5.57. The third-order valence-electron chi connectivity index (χ3n) is 6.41. The molecule has 0 bridgehead atoms. The van der Waals surface area contributed by atoms with Crippen LogP contribution in [-0.4, -0.2) is 52.7 Å². The van der Waals surface area contributed by atoms with E-state index in [1.807, 2.05) is 48.7 Å². The molecule has 2 aromatic heterocycles. The molecule has 3 heterocycles. The maximum atomic E-state index is 12.7. The SMILES string of the molecule is CNC(=O)c1ccc(-c2cn3c(n2)sc2cc(C(=O)CCCCN4CCCC4)ccc23)cc1. The van der Waals surface area contributed by atoms with Gasteiger partial charge >= 0.3 is 0 Å². The molecule has 1 N–H and O–H groups in total. The van der Waals surface area contributed by atoms with Gasteiger partial charge in [0.2, 0.25) is 0 Å². The van der Waals surface area contributed by atoms with Gasteiger partial charge in [-0.3, -0.25) is 14.0 Å². The fraction of sp³-hybridized carbons (Fsp3) is 0.346. The molecule has 7 heteroatoms. The summed E-state index contributed by atoms with van der Waals surface area (Å²) in [6, 6.07) is 13.4. The molecule has 0 radical (unpaired) electrons. The Bertz CT molecular complexity index is 1300. The smallest absolute Gasteiger partial charge is 0.251 e. The average molecular weight is 461 g/mol. The minimum absolute atomic E-state index is 0.102. The number of imidazole rings is 1. The highest BCUT2D eigenvalue weighted by Crippen LogP contribution is 2.30. The van der Waals surface area contributed by atoms with Crippen LogP contribution in [-0.2, 0) is 0 Å². The Morgan fingerprint density at radius 2 is 1.79 bits per heavy atom. The molecule has 0 spiro atoms. The van der Waals surface area contributed by atoms with Crippen LogP contribution in [0.4, 0.5) is 0 Å². The van der Waals surface area contributed by atoms with E-state index in [1.54, 1.807) is 18.4 Å². The molecule has 6 nitrogen and oxygen atoms in total. The number of Topliss-reactive ketones (excluding diaryl/α,β-unsaturated/α-hetero) is 1. The Morgan fingerprint density at radius 3 is 2.55 bits per heavy atom. The molecule has 1 fully saturated rings. The molecule has 0 saturated carbocycles. The zero-order valence-electron chi connectivity index (χ0n) is 18.8. The van der Waals surface area contributed by atoms with E-state index in [-0.39, 0.29) is 11.7 Å². The first kappa shape index (κ1) is 21.8. The molecule has 1 aliphatic rings. The number of rotatable bonds is 8. The molecular weight excluding hydrogens is 432 g/mol. The second-order valence-corrected chi connectivity index (χ2v) is 9.66. The number of carbonyl (C=O) groups is 2. The van der Waals surface area contributed by atoms with Crippen molar-refractivity contribution in [2.75, 3.05) is 26.7 Å². The van der Waals surface area contributed by atoms with Crippen LogP contribution in [0.2, 0.25) is 0 Å². The van der Waals surface area contributed by atoms with E-state index in [0.717, 1.165) is 51.4 Å². The molecule has 2 aromatic carbocycles. The molecule has 170 valence electrons. The third-order valence-corrected chi connectivity index (χ3v) is 7.43. The van der Waals surface area contributed by atoms with Crippen LogP contribution >= 0.6 is 11.3 Å². The molecule has 1 amide bonds. The van der Waals surface area contributed by atoms with E-state index in [0.29, 0.717) is 12.0 Å². The van der Waals surface area contributed by atoms with E-state index < -0.39 is 0 Å². The zero-order chi connectivity index (χ0) is 22.8. The normalized spacial score (nSPS) is 14.3. The largest absolute Gasteiger partial charge is 0.355 e. The summed E-state index contributed by atoms with van der Waals surface area (Å²) in [5.74, 6) is 0.122. The van der Waals surface area contributed by atoms with Crippen LogP contribution in [0.25, 0.3) is 26.4 Å². The number of hydrogen-bond donors (Lipinski definition) is 1. The van der Waals surface area contributed by atoms with Crippen LogP contribution in [0.15, 0.2) is 48.7 Å². The Morgan fingerprint density at radius 1 is 1.03 bits per heavy atom. The van der Waals surface area contributed by atoms with Crippen molar-refractivity contribution in [3.05, 3.63) is 59.8 Å². The maximum absolute atomic E-state index is 12.7. The number of aromatic nitrogens is 2. The standard InChI is InChI=1S/C26H28N4O2S/c1-27-25(32)19-9-7-18(8-10-19)21-17-30-22-12-11-20(16-24(22)33-26(30)28-21)23(31)6-2-3-13-29-14-4-5-15-29/h7-12,16-17H,2-6,13-15H2,1H3,(H,27,32). The summed E-state index contributed by atoms with van der Waals surface area (Å²) in [6.45, 7) is 3.55. The number of nitrogens with zero attached hydrogens (tertiary/aromatic N) is 3. The lowest BCUT2D eigenvalue weighted by atomic mass is 10.1. The highest BCUT2D eigenvalue weighted by atomic mass is 32.1. The van der Waals surface area contributed by atoms with Crippen molar-refractivity contribution in [3.63, 3.8) is 0 Å². The van der Waals surface area contributed by atoms with E-state index in [2.05, 4.69) is 14.6 Å². The number of amides is 1. The van der Waals surface area contributed by atoms with Gasteiger partial charge in [0, 0.05) is 36.4 Å². The van der Waals surface area contributed by atoms with Crippen LogP contribution in [0.1, 0.15) is 52.8 Å². The average Bonchev–Trinajstić information content (AvgIpc) is 3.57. The lowest BCUT2D eigenvalue weighted by Gasteiger charge is -2.13. The molecule has 33 heavy (non-hydrogen) atoms. The molecule has 0 unspecified atom stereocenters. The minimum atomic E-state index is -0.102. The van der Waals surface area contributed by atoms with Crippen molar-refractivity contribution < 1.29 is 9.59 Å². The van der Waals surface area contributed by atoms with E-state index in [4.69, 9.17) is 4.98 Å². The first-order chi connectivity index (χ1) is 16.1. The number of ketones is 1. The topological polar surface area (TPSA) is 66.7 Å². The van der Waals surface area contributed by atoms with Crippen molar-refractivity contribution in [1.29, 1.82) is 0 Å². The zero-order valence-corrected chi connectivity index (χ0v) is 19.7. The van der Waals surface area contributed by atoms with Crippen LogP contribution in [0.5, 0.6) is 0 Å². The second kappa shape index (κ2) is 9.45. The van der Waals surface area contributed by atoms with E-state index in [1.165, 1.54) is 25.9 Å². The van der Waals surface area contributed by atoms with Crippen molar-refractivity contribution >= 4 is 38.2 Å². The summed E-state index contributed by atoms with van der Waals surface area (Å²) in [5, 5.41) is 2.63. The number of nitrogens with one attached hydrogen (secondary N) is 1. The van der Waals surface area contributed by atoms with Crippen molar-refractivity contribution in [1.82, 2.24) is 19.6 Å². The van der Waals surface area contributed by atoms with Crippen LogP contribution in [0, 0.1) is 0 Å². The highest BCUT2D eigenvalue weighted by Gasteiger charge is 2.14. The van der Waals surface area contributed by atoms with Crippen molar-refractivity contribution in [2.24, 2.45) is 0 Å². The number of carbonyl (C=O) groups excluding carboxylic acids is 2. The van der Waals surface area contributed by atoms with Gasteiger partial charge in [0.25, 0.3) is 5.91 Å². The van der Waals surface area contributed by atoms with Crippen LogP contribution in [0.3, 0.4) is 0 Å². The molecule has 0 atom stereocenters. The molecule has 0 aliphatic carbocycles. The summed E-state index contributed by atoms with van der Waals surface area (Å²) in [5.41, 5.74) is 4.30. The van der Waals surface area contributed by atoms with Gasteiger partial charge in [0.1, 0.15) is 0 Å². The highest BCUT2D eigenvalue weighted by molar-refractivity contribution is 7.23. The Kier molecular flexibility index (Phi) is 6.24. The Labute approximate surface area is 197 Å². The van der Waals surface area contributed by atoms with Gasteiger partial charge in [-0.1, -0.05) is 23.5 Å². The first-order valence-corrected chi connectivity index (χ1v) is 12.4. The summed E-state index contributed by atoms with van der Waals surface area (Å²) >= 11 is 1.59. The predicted octanol–water partition coefficient (Wildman–Crippen LogP) is 5.02. The fourth-order valence-electron chi connectivity index (χ4n) is 4.52. The number of likely N-dealkylation sites (tertiary alicyclic amines) is 1. The third kappa shape index (κ3) is 4.56. The maximum Gasteiger partial charge on any atom is 0.251 e. The number of fused-ring (bicyclic) bond motifs is 3. The van der Waals surface area contributed by atoms with Crippen LogP contribution < -0.4 is 5.32 Å². The summed E-state index contributed by atoms with van der Waals surface area (Å²) in [6.07, 6.45) is 7.29. The monoisotopic (exact) mass is 460 g/mol. The Hall–Kier alpha value is -3.03. The van der Waals surface area contributed by atoms with Crippen molar-refractivity contribution in [3.8, 4) is 11.3 Å². The number of hydrogen-bond acceptors (Lipinski definition) is 5. The lowest BCUT2D eigenvalue weighted by molar-refractivity contribution is 0.0959. The summed E-state index contributed by atoms with van der Waals surface area (Å²) in [7, 11) is 1.62. The number of benzene rings is 2. The van der Waals surface area contributed by atoms with E-state index in [9.17, 15) is 9.59 Å². The summed E-state index contributed by atoms with van der Waals surface area (Å²) < 4.78 is 3.15. The molecule has 1 saturated heterocycles. The van der Waals surface area contributed by atoms with Gasteiger partial charge in [-0.25, -0.2) is 4.98 Å². The summed E-state index contributed by atoms with van der Waals surface area (Å²) in [4.78, 5) is 32.6. The first-order valence-electron chi connectivity index (χ1n) is 11.6. The second-order valence-electron chi connectivity index (χ2n) is 8.65. The van der Waals surface area contributed by atoms with Gasteiger partial charge in [0.05, 0.1) is 15.9 Å². The molecule has 1 aliphatic heterocycles. The van der Waals surface area contributed by atoms with Gasteiger partial charge in [0.15, 0.2) is 10.7 Å². The van der Waals surface area contributed by atoms with Gasteiger partial charge in [-0.15, -0.1) is 0 Å². The van der Waals surface area contributed by atoms with Gasteiger partial charge in [-0.2, -0.15) is 0 Å². The quantitative estimate of drug-likeness (QED) is 0.296. The molecule has 5 rings (SSSR count).